The molecule has 0 atom stereocenters. The molecule has 1 aliphatic rings. The molecule has 0 amide bonds. The van der Waals surface area contributed by atoms with Crippen LogP contribution in [0.5, 0.6) is 0 Å². The first kappa shape index (κ1) is 32.3. The minimum Gasteiger partial charge on any atom is -0.481 e. The van der Waals surface area contributed by atoms with E-state index in [0.717, 1.165) is 0 Å². The van der Waals surface area contributed by atoms with E-state index in [1.807, 2.05) is 0 Å². The molecule has 1 aliphatic carbocycles. The molecule has 3 N–H and O–H groups in total. The summed E-state index contributed by atoms with van der Waals surface area (Å²) >= 11 is 0. The minimum atomic E-state index is -0.745. The van der Waals surface area contributed by atoms with Crippen LogP contribution in [0.25, 0.3) is 0 Å². The molecule has 0 spiro atoms. The maximum Gasteiger partial charge on any atom is 0.303 e. The number of allylic oxidation sites excluding steroid dienone is 4. The molecule has 0 unspecified atom stereocenters. The Morgan fingerprint density at radius 1 is 0.808 bits per heavy atom. The molecule has 0 aliphatic heterocycles. The fourth-order valence-corrected chi connectivity index (χ4v) is 1.41. The SMILES string of the molecule is CC1=[C-]C(C)(C)C(C)=C1C.CCC(=O)O.CCC(=O)O.CCC(=O)O.[Ti]. The van der Waals surface area contributed by atoms with Gasteiger partial charge in [0, 0.05) is 41.0 Å². The van der Waals surface area contributed by atoms with Crippen molar-refractivity contribution in [3.8, 4) is 0 Å². The van der Waals surface area contributed by atoms with Crippen molar-refractivity contribution in [3.63, 3.8) is 0 Å². The number of aliphatic carboxylic acids is 3. The van der Waals surface area contributed by atoms with E-state index in [0.29, 0.717) is 0 Å². The third-order valence-corrected chi connectivity index (χ3v) is 3.47. The van der Waals surface area contributed by atoms with Crippen LogP contribution in [0.2, 0.25) is 0 Å². The molecule has 0 heterocycles. The van der Waals surface area contributed by atoms with E-state index in [-0.39, 0.29) is 46.4 Å². The molecule has 0 fully saturated rings. The average Bonchev–Trinajstić information content (AvgIpc) is 2.70. The van der Waals surface area contributed by atoms with E-state index >= 15 is 0 Å². The molecule has 6 nitrogen and oxygen atoms in total. The van der Waals surface area contributed by atoms with Crippen molar-refractivity contribution in [2.75, 3.05) is 0 Å². The van der Waals surface area contributed by atoms with Crippen LogP contribution in [0.4, 0.5) is 0 Å². The summed E-state index contributed by atoms with van der Waals surface area (Å²) in [4.78, 5) is 28.1. The van der Waals surface area contributed by atoms with E-state index in [4.69, 9.17) is 15.3 Å². The number of hydrogen-bond donors (Lipinski definition) is 3. The molecule has 1 rings (SSSR count). The van der Waals surface area contributed by atoms with Gasteiger partial charge in [0.05, 0.1) is 0 Å². The maximum absolute atomic E-state index is 9.37. The first-order chi connectivity index (χ1) is 11.3. The Labute approximate surface area is 172 Å². The fourth-order valence-electron chi connectivity index (χ4n) is 1.41. The summed E-state index contributed by atoms with van der Waals surface area (Å²) in [6.45, 7) is 15.7. The van der Waals surface area contributed by atoms with Gasteiger partial charge < -0.3 is 15.3 Å². The van der Waals surface area contributed by atoms with Crippen molar-refractivity contribution >= 4 is 17.9 Å². The van der Waals surface area contributed by atoms with Crippen molar-refractivity contribution in [2.45, 2.75) is 74.7 Å². The van der Waals surface area contributed by atoms with E-state index in [9.17, 15) is 14.4 Å². The van der Waals surface area contributed by atoms with E-state index < -0.39 is 17.9 Å². The van der Waals surface area contributed by atoms with Crippen LogP contribution in [0.3, 0.4) is 0 Å². The van der Waals surface area contributed by atoms with Crippen molar-refractivity contribution in [1.29, 1.82) is 0 Å². The van der Waals surface area contributed by atoms with Gasteiger partial charge in [-0.25, -0.2) is 5.57 Å². The fraction of sp³-hybridized carbons (Fsp3) is 0.632. The van der Waals surface area contributed by atoms with E-state index in [1.165, 1.54) is 16.7 Å². The van der Waals surface area contributed by atoms with Gasteiger partial charge in [0.15, 0.2) is 0 Å². The molecular weight excluding hydrogens is 372 g/mol. The Kier molecular flexibility index (Phi) is 21.2. The number of carbonyl (C=O) groups is 3. The van der Waals surface area contributed by atoms with Crippen molar-refractivity contribution in [3.05, 3.63) is 22.8 Å². The first-order valence-corrected chi connectivity index (χ1v) is 8.22. The molecular formula is C19H33O6Ti-. The van der Waals surface area contributed by atoms with Gasteiger partial charge in [-0.3, -0.25) is 20.5 Å². The molecule has 0 bridgehead atoms. The zero-order valence-electron chi connectivity index (χ0n) is 17.2. The molecule has 0 aromatic rings. The topological polar surface area (TPSA) is 112 Å². The molecule has 0 saturated carbocycles. The van der Waals surface area contributed by atoms with Crippen LogP contribution >= 0.6 is 0 Å². The molecule has 26 heavy (non-hydrogen) atoms. The Balaban J connectivity index is -0.000000132. The number of carboxylic acids is 3. The zero-order chi connectivity index (χ0) is 20.8. The summed E-state index contributed by atoms with van der Waals surface area (Å²) in [5, 5.41) is 23.2. The summed E-state index contributed by atoms with van der Waals surface area (Å²) in [7, 11) is 0. The summed E-state index contributed by atoms with van der Waals surface area (Å²) in [5.41, 5.74) is 4.39. The van der Waals surface area contributed by atoms with Gasteiger partial charge in [-0.15, -0.1) is 6.92 Å². The van der Waals surface area contributed by atoms with Gasteiger partial charge in [-0.1, -0.05) is 53.9 Å². The second-order valence-corrected chi connectivity index (χ2v) is 5.87. The quantitative estimate of drug-likeness (QED) is 0.469. The summed E-state index contributed by atoms with van der Waals surface area (Å²) in [5.74, 6) is -2.24. The standard InChI is InChI=1S/C10H15.3C3H6O2.Ti/c1-7-6-10(4,5)9(3)8(7)2;3*1-2-3(4)5;/h1-5H3;3*2H2,1H3,(H,4,5);/q-1;;;;. The number of carboxylic acid groups (broad SMARTS) is 3. The third kappa shape index (κ3) is 18.9. The summed E-state index contributed by atoms with van der Waals surface area (Å²) in [6, 6.07) is 0. The molecule has 0 radical (unpaired) electrons. The van der Waals surface area contributed by atoms with Crippen molar-refractivity contribution in [2.24, 2.45) is 5.41 Å². The molecule has 7 heteroatoms. The number of hydrogen-bond acceptors (Lipinski definition) is 3. The number of rotatable bonds is 3. The predicted octanol–water partition coefficient (Wildman–Crippen LogP) is 4.55. The molecule has 0 aromatic heterocycles. The van der Waals surface area contributed by atoms with Crippen LogP contribution in [0, 0.1) is 11.5 Å². The summed E-state index contributed by atoms with van der Waals surface area (Å²) in [6.07, 6.45) is 4.10. The average molecular weight is 405 g/mol. The Morgan fingerprint density at radius 2 is 1.04 bits per heavy atom. The molecule has 0 saturated heterocycles. The van der Waals surface area contributed by atoms with Gasteiger partial charge in [-0.2, -0.15) is 11.1 Å². The Hall–Kier alpha value is -1.40. The molecule has 150 valence electrons. The molecule has 0 aromatic carbocycles. The van der Waals surface area contributed by atoms with Gasteiger partial charge >= 0.3 is 17.9 Å². The van der Waals surface area contributed by atoms with Gasteiger partial charge in [0.1, 0.15) is 0 Å². The van der Waals surface area contributed by atoms with Crippen LogP contribution in [0.1, 0.15) is 74.7 Å². The van der Waals surface area contributed by atoms with Crippen molar-refractivity contribution in [1.82, 2.24) is 0 Å². The largest absolute Gasteiger partial charge is 0.481 e. The third-order valence-electron chi connectivity index (χ3n) is 3.47. The van der Waals surface area contributed by atoms with Gasteiger partial charge in [0.2, 0.25) is 0 Å². The Morgan fingerprint density at radius 3 is 1.08 bits per heavy atom. The van der Waals surface area contributed by atoms with Crippen molar-refractivity contribution < 1.29 is 51.4 Å². The monoisotopic (exact) mass is 405 g/mol. The predicted molar refractivity (Wildman–Crippen MR) is 98.4 cm³/mol. The van der Waals surface area contributed by atoms with Gasteiger partial charge in [-0.05, 0) is 0 Å². The van der Waals surface area contributed by atoms with E-state index in [1.54, 1.807) is 20.8 Å². The van der Waals surface area contributed by atoms with Crippen LogP contribution in [-0.4, -0.2) is 33.2 Å². The minimum absolute atomic E-state index is 0. The Bertz CT molecular complexity index is 471. The second kappa shape index (κ2) is 17.0. The van der Waals surface area contributed by atoms with Gasteiger partial charge in [0.25, 0.3) is 0 Å². The van der Waals surface area contributed by atoms with Crippen LogP contribution in [-0.2, 0) is 36.1 Å². The first-order valence-electron chi connectivity index (χ1n) is 8.22. The smallest absolute Gasteiger partial charge is 0.303 e. The normalized spacial score (nSPS) is 13.3. The second-order valence-electron chi connectivity index (χ2n) is 5.87. The van der Waals surface area contributed by atoms with Crippen LogP contribution < -0.4 is 0 Å². The van der Waals surface area contributed by atoms with E-state index in [2.05, 4.69) is 40.7 Å². The summed E-state index contributed by atoms with van der Waals surface area (Å²) < 4.78 is 0. The van der Waals surface area contributed by atoms with Crippen LogP contribution in [0.15, 0.2) is 16.7 Å². The zero-order valence-corrected chi connectivity index (χ0v) is 18.7. The maximum atomic E-state index is 9.37.